The van der Waals surface area contributed by atoms with Crippen LogP contribution < -0.4 is 0 Å². The molecule has 60 valence electrons. The van der Waals surface area contributed by atoms with Gasteiger partial charge in [0.2, 0.25) is 0 Å². The molecule has 0 unspecified atom stereocenters. The van der Waals surface area contributed by atoms with E-state index in [9.17, 15) is 4.79 Å². The van der Waals surface area contributed by atoms with Crippen molar-refractivity contribution in [3.05, 3.63) is 0 Å². The van der Waals surface area contributed by atoms with Crippen molar-refractivity contribution in [1.29, 1.82) is 0 Å². The first kappa shape index (κ1) is 9.43. The van der Waals surface area contributed by atoms with Gasteiger partial charge in [-0.2, -0.15) is 0 Å². The number of ether oxygens (including phenoxy) is 2. The van der Waals surface area contributed by atoms with Gasteiger partial charge in [0.15, 0.2) is 0 Å². The van der Waals surface area contributed by atoms with Gasteiger partial charge in [0.05, 0.1) is 6.10 Å². The molecule has 3 nitrogen and oxygen atoms in total. The highest BCUT2D eigenvalue weighted by Gasteiger charge is 2.01. The molecule has 0 heterocycles. The van der Waals surface area contributed by atoms with Crippen molar-refractivity contribution < 1.29 is 14.3 Å². The van der Waals surface area contributed by atoms with Gasteiger partial charge < -0.3 is 9.47 Å². The van der Waals surface area contributed by atoms with Crippen LogP contribution in [0.5, 0.6) is 0 Å². The predicted octanol–water partition coefficient (Wildman–Crippen LogP) is 0.974. The SMILES string of the molecule is CCO[C@@H](C)COC(C)=O. The third-order valence-electron chi connectivity index (χ3n) is 0.972. The van der Waals surface area contributed by atoms with Gasteiger partial charge in [-0.3, -0.25) is 4.79 Å². The minimum absolute atomic E-state index is 0.00824. The summed E-state index contributed by atoms with van der Waals surface area (Å²) >= 11 is 0. The van der Waals surface area contributed by atoms with Crippen molar-refractivity contribution in [2.24, 2.45) is 0 Å². The molecule has 10 heavy (non-hydrogen) atoms. The zero-order valence-electron chi connectivity index (χ0n) is 6.72. The molecule has 0 fully saturated rings. The summed E-state index contributed by atoms with van der Waals surface area (Å²) in [7, 11) is 0. The molecule has 3 heteroatoms. The van der Waals surface area contributed by atoms with Crippen LogP contribution in [0.1, 0.15) is 20.8 Å². The molecule has 0 bridgehead atoms. The molecule has 0 aliphatic carbocycles. The van der Waals surface area contributed by atoms with Crippen LogP contribution in [0.15, 0.2) is 0 Å². The maximum atomic E-state index is 10.3. The van der Waals surface area contributed by atoms with Crippen molar-refractivity contribution in [3.63, 3.8) is 0 Å². The van der Waals surface area contributed by atoms with Crippen LogP contribution in [-0.2, 0) is 14.3 Å². The van der Waals surface area contributed by atoms with E-state index >= 15 is 0 Å². The molecule has 0 N–H and O–H groups in total. The van der Waals surface area contributed by atoms with E-state index in [-0.39, 0.29) is 12.1 Å². The van der Waals surface area contributed by atoms with Gasteiger partial charge in [0.1, 0.15) is 6.61 Å². The van der Waals surface area contributed by atoms with E-state index in [4.69, 9.17) is 9.47 Å². The molecule has 0 amide bonds. The number of hydrogen-bond donors (Lipinski definition) is 0. The number of hydrogen-bond acceptors (Lipinski definition) is 3. The molecule has 0 saturated heterocycles. The van der Waals surface area contributed by atoms with Gasteiger partial charge in [-0.05, 0) is 13.8 Å². The zero-order valence-corrected chi connectivity index (χ0v) is 6.72. The Morgan fingerprint density at radius 2 is 2.20 bits per heavy atom. The second kappa shape index (κ2) is 5.23. The van der Waals surface area contributed by atoms with E-state index in [1.807, 2.05) is 13.8 Å². The predicted molar refractivity (Wildman–Crippen MR) is 37.7 cm³/mol. The summed E-state index contributed by atoms with van der Waals surface area (Å²) < 4.78 is 9.81. The Balaban J connectivity index is 3.21. The first-order valence-electron chi connectivity index (χ1n) is 3.41. The molecule has 0 aromatic carbocycles. The molecule has 0 spiro atoms. The molecule has 0 saturated carbocycles. The fourth-order valence-corrected chi connectivity index (χ4v) is 0.567. The topological polar surface area (TPSA) is 35.5 Å². The quantitative estimate of drug-likeness (QED) is 0.554. The Morgan fingerprint density at radius 3 is 2.60 bits per heavy atom. The summed E-state index contributed by atoms with van der Waals surface area (Å²) in [6.45, 7) is 6.17. The lowest BCUT2D eigenvalue weighted by atomic mass is 10.4. The third kappa shape index (κ3) is 5.56. The van der Waals surface area contributed by atoms with Gasteiger partial charge in [0, 0.05) is 13.5 Å². The van der Waals surface area contributed by atoms with Crippen molar-refractivity contribution in [2.45, 2.75) is 26.9 Å². The largest absolute Gasteiger partial charge is 0.463 e. The zero-order chi connectivity index (χ0) is 7.98. The van der Waals surface area contributed by atoms with E-state index < -0.39 is 0 Å². The summed E-state index contributed by atoms with van der Waals surface area (Å²) in [5.74, 6) is -0.258. The molecule has 0 aromatic rings. The fourth-order valence-electron chi connectivity index (χ4n) is 0.567. The Bertz CT molecular complexity index is 101. The summed E-state index contributed by atoms with van der Waals surface area (Å²) in [6.07, 6.45) is 0.00824. The minimum Gasteiger partial charge on any atom is -0.463 e. The van der Waals surface area contributed by atoms with Crippen LogP contribution >= 0.6 is 0 Å². The summed E-state index contributed by atoms with van der Waals surface area (Å²) in [4.78, 5) is 10.3. The first-order chi connectivity index (χ1) is 4.66. The first-order valence-corrected chi connectivity index (χ1v) is 3.41. The monoisotopic (exact) mass is 146 g/mol. The highest BCUT2D eigenvalue weighted by atomic mass is 16.6. The van der Waals surface area contributed by atoms with Gasteiger partial charge in [-0.15, -0.1) is 0 Å². The summed E-state index contributed by atoms with van der Waals surface area (Å²) in [5, 5.41) is 0. The molecular formula is C7H14O3. The number of carbonyl (C=O) groups excluding carboxylic acids is 1. The Labute approximate surface area is 61.3 Å². The second-order valence-corrected chi connectivity index (χ2v) is 2.07. The highest BCUT2D eigenvalue weighted by molar-refractivity contribution is 5.65. The number of esters is 1. The van der Waals surface area contributed by atoms with E-state index in [1.54, 1.807) is 0 Å². The minimum atomic E-state index is -0.258. The van der Waals surface area contributed by atoms with E-state index in [0.29, 0.717) is 13.2 Å². The Hall–Kier alpha value is -0.570. The van der Waals surface area contributed by atoms with Crippen molar-refractivity contribution >= 4 is 5.97 Å². The molecule has 0 aliphatic rings. The summed E-state index contributed by atoms with van der Waals surface area (Å²) in [5.41, 5.74) is 0. The van der Waals surface area contributed by atoms with Crippen molar-refractivity contribution in [2.75, 3.05) is 13.2 Å². The number of carbonyl (C=O) groups is 1. The van der Waals surface area contributed by atoms with Gasteiger partial charge in [0.25, 0.3) is 0 Å². The standard InChI is InChI=1S/C7H14O3/c1-4-9-6(2)5-10-7(3)8/h6H,4-5H2,1-3H3/t6-/m0/s1. The Morgan fingerprint density at radius 1 is 1.60 bits per heavy atom. The third-order valence-corrected chi connectivity index (χ3v) is 0.972. The van der Waals surface area contributed by atoms with Crippen LogP contribution in [0, 0.1) is 0 Å². The van der Waals surface area contributed by atoms with E-state index in [0.717, 1.165) is 0 Å². The van der Waals surface area contributed by atoms with E-state index in [2.05, 4.69) is 0 Å². The van der Waals surface area contributed by atoms with E-state index in [1.165, 1.54) is 6.92 Å². The smallest absolute Gasteiger partial charge is 0.302 e. The van der Waals surface area contributed by atoms with Gasteiger partial charge in [-0.25, -0.2) is 0 Å². The van der Waals surface area contributed by atoms with Crippen molar-refractivity contribution in [3.8, 4) is 0 Å². The lowest BCUT2D eigenvalue weighted by Gasteiger charge is -2.10. The van der Waals surface area contributed by atoms with Gasteiger partial charge in [-0.1, -0.05) is 0 Å². The average molecular weight is 146 g/mol. The van der Waals surface area contributed by atoms with Crippen LogP contribution in [0.25, 0.3) is 0 Å². The number of rotatable bonds is 4. The van der Waals surface area contributed by atoms with Crippen molar-refractivity contribution in [1.82, 2.24) is 0 Å². The van der Waals surface area contributed by atoms with Crippen LogP contribution in [0.3, 0.4) is 0 Å². The molecular weight excluding hydrogens is 132 g/mol. The van der Waals surface area contributed by atoms with Crippen LogP contribution in [-0.4, -0.2) is 25.3 Å². The average Bonchev–Trinajstić information content (AvgIpc) is 1.85. The maximum Gasteiger partial charge on any atom is 0.302 e. The lowest BCUT2D eigenvalue weighted by molar-refractivity contribution is -0.144. The van der Waals surface area contributed by atoms with Crippen LogP contribution in [0.4, 0.5) is 0 Å². The molecule has 0 rings (SSSR count). The lowest BCUT2D eigenvalue weighted by Crippen LogP contribution is -2.17. The second-order valence-electron chi connectivity index (χ2n) is 2.07. The van der Waals surface area contributed by atoms with Gasteiger partial charge >= 0.3 is 5.97 Å². The molecule has 1 atom stereocenters. The summed E-state index contributed by atoms with van der Waals surface area (Å²) in [6, 6.07) is 0. The highest BCUT2D eigenvalue weighted by Crippen LogP contribution is 1.90. The molecule has 0 radical (unpaired) electrons. The maximum absolute atomic E-state index is 10.3. The molecule has 0 aromatic heterocycles. The fraction of sp³-hybridized carbons (Fsp3) is 0.857. The molecule has 0 aliphatic heterocycles. The Kier molecular flexibility index (Phi) is 4.94. The normalized spacial score (nSPS) is 12.7. The van der Waals surface area contributed by atoms with Crippen LogP contribution in [0.2, 0.25) is 0 Å².